The van der Waals surface area contributed by atoms with Crippen molar-refractivity contribution in [3.05, 3.63) is 34.9 Å². The molecule has 0 saturated carbocycles. The van der Waals surface area contributed by atoms with Crippen LogP contribution in [0.1, 0.15) is 37.8 Å². The summed E-state index contributed by atoms with van der Waals surface area (Å²) in [4.78, 5) is 14.0. The predicted octanol–water partition coefficient (Wildman–Crippen LogP) is 3.00. The van der Waals surface area contributed by atoms with E-state index in [9.17, 15) is 4.79 Å². The molecule has 0 bridgehead atoms. The van der Waals surface area contributed by atoms with Crippen molar-refractivity contribution in [3.63, 3.8) is 0 Å². The van der Waals surface area contributed by atoms with E-state index < -0.39 is 0 Å². The summed E-state index contributed by atoms with van der Waals surface area (Å²) < 4.78 is 0. The highest BCUT2D eigenvalue weighted by molar-refractivity contribution is 6.30. The first-order chi connectivity index (χ1) is 9.20. The van der Waals surface area contributed by atoms with Crippen LogP contribution in [0.15, 0.2) is 24.3 Å². The van der Waals surface area contributed by atoms with E-state index in [4.69, 9.17) is 11.6 Å². The van der Waals surface area contributed by atoms with Crippen LogP contribution in [0.25, 0.3) is 0 Å². The predicted molar refractivity (Wildman–Crippen MR) is 78.3 cm³/mol. The van der Waals surface area contributed by atoms with Crippen LogP contribution < -0.4 is 5.32 Å². The average Bonchev–Trinajstić information content (AvgIpc) is 2.45. The monoisotopic (exact) mass is 280 g/mol. The third-order valence-corrected chi connectivity index (χ3v) is 3.80. The number of hydrogen-bond donors (Lipinski definition) is 1. The zero-order valence-corrected chi connectivity index (χ0v) is 12.1. The Hall–Kier alpha value is -1.06. The molecule has 1 aromatic rings. The summed E-state index contributed by atoms with van der Waals surface area (Å²) in [5, 5.41) is 4.20. The van der Waals surface area contributed by atoms with Gasteiger partial charge in [0.15, 0.2) is 0 Å². The number of hydrogen-bond acceptors (Lipinski definition) is 2. The molecule has 104 valence electrons. The molecule has 1 amide bonds. The lowest BCUT2D eigenvalue weighted by molar-refractivity contribution is -0.132. The summed E-state index contributed by atoms with van der Waals surface area (Å²) in [5.74, 6) is 0.280. The van der Waals surface area contributed by atoms with E-state index in [-0.39, 0.29) is 11.9 Å². The van der Waals surface area contributed by atoms with Gasteiger partial charge in [-0.1, -0.05) is 37.1 Å². The van der Waals surface area contributed by atoms with Crippen molar-refractivity contribution < 1.29 is 4.79 Å². The molecule has 1 aliphatic heterocycles. The zero-order valence-electron chi connectivity index (χ0n) is 11.4. The summed E-state index contributed by atoms with van der Waals surface area (Å²) >= 11 is 5.90. The first-order valence-corrected chi connectivity index (χ1v) is 7.35. The first kappa shape index (κ1) is 14.4. The smallest absolute Gasteiger partial charge is 0.222 e. The van der Waals surface area contributed by atoms with Crippen LogP contribution in [0.3, 0.4) is 0 Å². The van der Waals surface area contributed by atoms with Crippen LogP contribution in [0.2, 0.25) is 5.02 Å². The lowest BCUT2D eigenvalue weighted by atomic mass is 10.0. The minimum absolute atomic E-state index is 0.219. The Bertz CT molecular complexity index is 419. The van der Waals surface area contributed by atoms with E-state index in [1.54, 1.807) is 0 Å². The number of halogens is 1. The second kappa shape index (κ2) is 6.92. The van der Waals surface area contributed by atoms with Crippen molar-refractivity contribution in [3.8, 4) is 0 Å². The number of piperazine rings is 1. The maximum atomic E-state index is 12.1. The summed E-state index contributed by atoms with van der Waals surface area (Å²) in [7, 11) is 0. The van der Waals surface area contributed by atoms with Crippen LogP contribution in [0.5, 0.6) is 0 Å². The fraction of sp³-hybridized carbons (Fsp3) is 0.533. The van der Waals surface area contributed by atoms with Crippen molar-refractivity contribution in [2.45, 2.75) is 32.2 Å². The minimum atomic E-state index is 0.219. The molecular weight excluding hydrogens is 260 g/mol. The van der Waals surface area contributed by atoms with E-state index >= 15 is 0 Å². The first-order valence-electron chi connectivity index (χ1n) is 6.97. The minimum Gasteiger partial charge on any atom is -0.340 e. The van der Waals surface area contributed by atoms with Crippen molar-refractivity contribution in [2.24, 2.45) is 0 Å². The fourth-order valence-corrected chi connectivity index (χ4v) is 2.51. The van der Waals surface area contributed by atoms with Gasteiger partial charge in [-0.2, -0.15) is 0 Å². The second-order valence-corrected chi connectivity index (χ2v) is 5.44. The molecule has 0 spiro atoms. The molecule has 0 aromatic heterocycles. The maximum Gasteiger partial charge on any atom is 0.222 e. The molecule has 1 heterocycles. The zero-order chi connectivity index (χ0) is 13.7. The summed E-state index contributed by atoms with van der Waals surface area (Å²) in [5.41, 5.74) is 1.19. The molecule has 1 unspecified atom stereocenters. The van der Waals surface area contributed by atoms with E-state index in [1.807, 2.05) is 29.2 Å². The number of unbranched alkanes of at least 4 members (excludes halogenated alkanes) is 1. The highest BCUT2D eigenvalue weighted by Gasteiger charge is 2.23. The third kappa shape index (κ3) is 3.95. The largest absolute Gasteiger partial charge is 0.340 e. The molecule has 4 heteroatoms. The van der Waals surface area contributed by atoms with E-state index in [2.05, 4.69) is 12.2 Å². The Morgan fingerprint density at radius 3 is 2.84 bits per heavy atom. The Balaban J connectivity index is 1.96. The quantitative estimate of drug-likeness (QED) is 0.920. The van der Waals surface area contributed by atoms with Crippen molar-refractivity contribution in [2.75, 3.05) is 19.6 Å². The molecule has 0 radical (unpaired) electrons. The van der Waals surface area contributed by atoms with Gasteiger partial charge in [0.1, 0.15) is 0 Å². The third-order valence-electron chi connectivity index (χ3n) is 3.54. The average molecular weight is 281 g/mol. The molecule has 19 heavy (non-hydrogen) atoms. The summed E-state index contributed by atoms with van der Waals surface area (Å²) in [6, 6.07) is 8.07. The van der Waals surface area contributed by atoms with Crippen LogP contribution in [0, 0.1) is 0 Å². The molecule has 1 saturated heterocycles. The molecule has 2 rings (SSSR count). The Morgan fingerprint density at radius 1 is 1.42 bits per heavy atom. The molecule has 1 atom stereocenters. The van der Waals surface area contributed by atoms with Crippen LogP contribution in [0.4, 0.5) is 0 Å². The van der Waals surface area contributed by atoms with Crippen LogP contribution in [-0.2, 0) is 4.79 Å². The molecule has 1 aromatic carbocycles. The lowest BCUT2D eigenvalue weighted by Crippen LogP contribution is -2.48. The van der Waals surface area contributed by atoms with Crippen molar-refractivity contribution >= 4 is 17.5 Å². The van der Waals surface area contributed by atoms with Gasteiger partial charge < -0.3 is 10.2 Å². The highest BCUT2D eigenvalue weighted by Crippen LogP contribution is 2.20. The van der Waals surface area contributed by atoms with Crippen LogP contribution in [-0.4, -0.2) is 30.4 Å². The van der Waals surface area contributed by atoms with Gasteiger partial charge in [0, 0.05) is 37.1 Å². The Morgan fingerprint density at radius 2 is 2.16 bits per heavy atom. The normalized spacial score (nSPS) is 19.5. The van der Waals surface area contributed by atoms with Gasteiger partial charge in [-0.15, -0.1) is 0 Å². The Kier molecular flexibility index (Phi) is 5.23. The summed E-state index contributed by atoms with van der Waals surface area (Å²) in [6.07, 6.45) is 2.72. The summed E-state index contributed by atoms with van der Waals surface area (Å²) in [6.45, 7) is 4.53. The highest BCUT2D eigenvalue weighted by atomic mass is 35.5. The van der Waals surface area contributed by atoms with Gasteiger partial charge in [-0.25, -0.2) is 0 Å². The number of carbonyl (C=O) groups is 1. The van der Waals surface area contributed by atoms with Gasteiger partial charge in [-0.3, -0.25) is 4.79 Å². The van der Waals surface area contributed by atoms with E-state index in [1.165, 1.54) is 5.56 Å². The van der Waals surface area contributed by atoms with Gasteiger partial charge in [-0.05, 0) is 24.1 Å². The van der Waals surface area contributed by atoms with E-state index in [0.29, 0.717) is 6.42 Å². The van der Waals surface area contributed by atoms with Crippen molar-refractivity contribution in [1.82, 2.24) is 10.2 Å². The molecule has 1 N–H and O–H groups in total. The molecule has 1 fully saturated rings. The van der Waals surface area contributed by atoms with Gasteiger partial charge in [0.2, 0.25) is 5.91 Å². The van der Waals surface area contributed by atoms with Gasteiger partial charge in [0.25, 0.3) is 0 Å². The SMILES string of the molecule is CCCCC(=O)N1CCNC(c2ccc(Cl)cc2)C1. The molecule has 1 aliphatic rings. The van der Waals surface area contributed by atoms with Crippen LogP contribution >= 0.6 is 11.6 Å². The van der Waals surface area contributed by atoms with Gasteiger partial charge >= 0.3 is 0 Å². The number of amides is 1. The maximum absolute atomic E-state index is 12.1. The van der Waals surface area contributed by atoms with E-state index in [0.717, 1.165) is 37.5 Å². The number of benzene rings is 1. The molecule has 0 aliphatic carbocycles. The fourth-order valence-electron chi connectivity index (χ4n) is 2.38. The number of rotatable bonds is 4. The standard InChI is InChI=1S/C15H21ClN2O/c1-2-3-4-15(19)18-10-9-17-14(11-18)12-5-7-13(16)8-6-12/h5-8,14,17H,2-4,9-11H2,1H3. The lowest BCUT2D eigenvalue weighted by Gasteiger charge is -2.34. The Labute approximate surface area is 119 Å². The number of carbonyl (C=O) groups excluding carboxylic acids is 1. The number of nitrogens with zero attached hydrogens (tertiary/aromatic N) is 1. The molecular formula is C15H21ClN2O. The molecule has 3 nitrogen and oxygen atoms in total. The number of nitrogens with one attached hydrogen (secondary N) is 1. The topological polar surface area (TPSA) is 32.3 Å². The van der Waals surface area contributed by atoms with Crippen molar-refractivity contribution in [1.29, 1.82) is 0 Å². The second-order valence-electron chi connectivity index (χ2n) is 5.00. The van der Waals surface area contributed by atoms with Gasteiger partial charge in [0.05, 0.1) is 0 Å².